The van der Waals surface area contributed by atoms with Crippen LogP contribution in [0.4, 0.5) is 39.3 Å². The van der Waals surface area contributed by atoms with Crippen LogP contribution in [0.1, 0.15) is 10.4 Å². The fourth-order valence-corrected chi connectivity index (χ4v) is 3.26. The van der Waals surface area contributed by atoms with Gasteiger partial charge < -0.3 is 25.5 Å². The molecule has 4 heterocycles. The maximum Gasteiger partial charge on any atom is 0.490 e. The van der Waals surface area contributed by atoms with Gasteiger partial charge in [-0.25, -0.2) is 28.5 Å². The molecule has 0 atom stereocenters. The van der Waals surface area contributed by atoms with Gasteiger partial charge in [0.1, 0.15) is 28.8 Å². The Morgan fingerprint density at radius 2 is 1.71 bits per heavy atom. The highest BCUT2D eigenvalue weighted by molar-refractivity contribution is 6.07. The zero-order valence-electron chi connectivity index (χ0n) is 20.4. The molecule has 0 bridgehead atoms. The van der Waals surface area contributed by atoms with E-state index in [4.69, 9.17) is 14.6 Å². The highest BCUT2D eigenvalue weighted by Crippen LogP contribution is 2.32. The summed E-state index contributed by atoms with van der Waals surface area (Å²) < 4.78 is 65.4. The number of carbonyl (C=O) groups is 2. The van der Waals surface area contributed by atoms with E-state index in [0.717, 1.165) is 11.6 Å². The number of H-pyrrole nitrogens is 1. The van der Waals surface area contributed by atoms with Crippen molar-refractivity contribution in [2.45, 2.75) is 6.18 Å². The third-order valence-corrected chi connectivity index (χ3v) is 5.10. The fraction of sp³-hybridized carbons (Fsp3) is 0.0385. The Morgan fingerprint density at radius 3 is 2.39 bits per heavy atom. The van der Waals surface area contributed by atoms with E-state index in [1.54, 1.807) is 42.7 Å². The summed E-state index contributed by atoms with van der Waals surface area (Å²) in [5.41, 5.74) is 1.19. The van der Waals surface area contributed by atoms with E-state index in [1.807, 2.05) is 0 Å². The number of carbonyl (C=O) groups excluding carboxylic acids is 1. The quantitative estimate of drug-likeness (QED) is 0.180. The lowest BCUT2D eigenvalue weighted by molar-refractivity contribution is -0.192. The summed E-state index contributed by atoms with van der Waals surface area (Å²) in [7, 11) is 0. The number of pyridine rings is 3. The average molecular weight is 572 g/mol. The van der Waals surface area contributed by atoms with Gasteiger partial charge in [0.25, 0.3) is 5.91 Å². The molecule has 0 aliphatic carbocycles. The van der Waals surface area contributed by atoms with Gasteiger partial charge in [0.2, 0.25) is 0 Å². The van der Waals surface area contributed by atoms with Gasteiger partial charge in [0.05, 0.1) is 17.1 Å². The van der Waals surface area contributed by atoms with Crippen LogP contribution < -0.4 is 15.4 Å². The molecule has 1 amide bonds. The number of rotatable bonds is 6. The maximum atomic E-state index is 14.8. The van der Waals surface area contributed by atoms with Gasteiger partial charge in [0, 0.05) is 30.3 Å². The highest BCUT2D eigenvalue weighted by Gasteiger charge is 2.38. The number of nitrogens with one attached hydrogen (secondary N) is 3. The van der Waals surface area contributed by atoms with Crippen LogP contribution in [0.25, 0.3) is 11.0 Å². The minimum Gasteiger partial charge on any atom is -0.475 e. The monoisotopic (exact) mass is 572 g/mol. The van der Waals surface area contributed by atoms with E-state index in [-0.39, 0.29) is 22.9 Å². The number of aromatic nitrogens is 4. The number of hydrogen-bond donors (Lipinski definition) is 4. The van der Waals surface area contributed by atoms with Crippen molar-refractivity contribution in [3.8, 4) is 11.5 Å². The summed E-state index contributed by atoms with van der Waals surface area (Å²) in [4.78, 5) is 36.7. The molecule has 0 aliphatic rings. The third kappa shape index (κ3) is 7.29. The molecule has 0 fully saturated rings. The Balaban J connectivity index is 0.000000493. The molecule has 5 aromatic rings. The summed E-state index contributed by atoms with van der Waals surface area (Å²) >= 11 is 0. The SMILES string of the molecule is O=C(Nc1ccc(F)cn1)c1cccnc1Nc1ccc(Oc2ccnc3[nH]ccc23)c(F)c1.O=C(O)C(F)(F)F. The van der Waals surface area contributed by atoms with Crippen molar-refractivity contribution in [1.82, 2.24) is 19.9 Å². The highest BCUT2D eigenvalue weighted by atomic mass is 19.4. The molecular formula is C26H17F5N6O4. The summed E-state index contributed by atoms with van der Waals surface area (Å²) in [5.74, 6) is -3.51. The number of nitrogens with zero attached hydrogens (tertiary/aromatic N) is 3. The topological polar surface area (TPSA) is 142 Å². The Bertz CT molecular complexity index is 1690. The molecule has 210 valence electrons. The molecule has 0 unspecified atom stereocenters. The largest absolute Gasteiger partial charge is 0.490 e. The molecular weight excluding hydrogens is 555 g/mol. The molecule has 5 rings (SSSR count). The second-order valence-corrected chi connectivity index (χ2v) is 7.94. The molecule has 15 heteroatoms. The molecule has 0 spiro atoms. The first kappa shape index (κ1) is 28.4. The number of aromatic amines is 1. The van der Waals surface area contributed by atoms with Crippen molar-refractivity contribution in [1.29, 1.82) is 0 Å². The Labute approximate surface area is 226 Å². The van der Waals surface area contributed by atoms with Crippen LogP contribution in [0.3, 0.4) is 0 Å². The van der Waals surface area contributed by atoms with E-state index in [0.29, 0.717) is 17.1 Å². The van der Waals surface area contributed by atoms with E-state index in [1.165, 1.54) is 30.5 Å². The number of halogens is 5. The zero-order valence-corrected chi connectivity index (χ0v) is 20.4. The van der Waals surface area contributed by atoms with Crippen molar-refractivity contribution in [3.63, 3.8) is 0 Å². The first-order valence-electron chi connectivity index (χ1n) is 11.4. The molecule has 10 nitrogen and oxygen atoms in total. The normalized spacial score (nSPS) is 10.9. The van der Waals surface area contributed by atoms with Crippen LogP contribution in [0.5, 0.6) is 11.5 Å². The lowest BCUT2D eigenvalue weighted by Crippen LogP contribution is -2.21. The number of fused-ring (bicyclic) bond motifs is 1. The van der Waals surface area contributed by atoms with Gasteiger partial charge in [-0.15, -0.1) is 0 Å². The Hall–Kier alpha value is -5.60. The van der Waals surface area contributed by atoms with Crippen LogP contribution >= 0.6 is 0 Å². The molecule has 0 saturated carbocycles. The van der Waals surface area contributed by atoms with E-state index < -0.39 is 29.7 Å². The predicted octanol–water partition coefficient (Wildman–Crippen LogP) is 6.05. The zero-order chi connectivity index (χ0) is 29.6. The van der Waals surface area contributed by atoms with Crippen molar-refractivity contribution < 1.29 is 41.4 Å². The number of anilines is 3. The van der Waals surface area contributed by atoms with Crippen LogP contribution in [0, 0.1) is 11.6 Å². The van der Waals surface area contributed by atoms with Crippen LogP contribution in [-0.4, -0.2) is 43.1 Å². The molecule has 4 N–H and O–H groups in total. The number of hydrogen-bond acceptors (Lipinski definition) is 7. The Morgan fingerprint density at radius 1 is 0.927 bits per heavy atom. The summed E-state index contributed by atoms with van der Waals surface area (Å²) in [6.07, 6.45) is 0.698. The number of benzene rings is 1. The minimum absolute atomic E-state index is 0.0284. The fourth-order valence-electron chi connectivity index (χ4n) is 3.26. The minimum atomic E-state index is -5.08. The van der Waals surface area contributed by atoms with Crippen molar-refractivity contribution in [2.75, 3.05) is 10.6 Å². The third-order valence-electron chi connectivity index (χ3n) is 5.10. The second kappa shape index (κ2) is 12.1. The Kier molecular flexibility index (Phi) is 8.36. The number of amides is 1. The number of alkyl halides is 3. The first-order valence-corrected chi connectivity index (χ1v) is 11.4. The number of ether oxygens (including phenoxy) is 1. The van der Waals surface area contributed by atoms with Crippen LogP contribution in [0.15, 0.2) is 79.4 Å². The van der Waals surface area contributed by atoms with Crippen molar-refractivity contribution in [2.24, 2.45) is 0 Å². The summed E-state index contributed by atoms with van der Waals surface area (Å²) in [5, 5.41) is 13.4. The van der Waals surface area contributed by atoms with Gasteiger partial charge >= 0.3 is 12.1 Å². The van der Waals surface area contributed by atoms with Gasteiger partial charge in [-0.2, -0.15) is 13.2 Å². The average Bonchev–Trinajstić information content (AvgIpc) is 3.42. The molecule has 0 saturated heterocycles. The van der Waals surface area contributed by atoms with Crippen LogP contribution in [-0.2, 0) is 4.79 Å². The first-order chi connectivity index (χ1) is 19.5. The van der Waals surface area contributed by atoms with Gasteiger partial charge in [0.15, 0.2) is 11.6 Å². The molecule has 4 aromatic heterocycles. The molecule has 0 radical (unpaired) electrons. The van der Waals surface area contributed by atoms with Crippen molar-refractivity contribution >= 4 is 40.2 Å². The predicted molar refractivity (Wildman–Crippen MR) is 136 cm³/mol. The summed E-state index contributed by atoms with van der Waals surface area (Å²) in [6.45, 7) is 0. The van der Waals surface area contributed by atoms with Gasteiger partial charge in [-0.1, -0.05) is 0 Å². The lowest BCUT2D eigenvalue weighted by atomic mass is 10.2. The lowest BCUT2D eigenvalue weighted by Gasteiger charge is -2.12. The van der Waals surface area contributed by atoms with Crippen molar-refractivity contribution in [3.05, 3.63) is 96.6 Å². The van der Waals surface area contributed by atoms with Gasteiger partial charge in [-0.05, 0) is 48.5 Å². The van der Waals surface area contributed by atoms with E-state index in [9.17, 15) is 26.7 Å². The second-order valence-electron chi connectivity index (χ2n) is 7.94. The molecule has 1 aromatic carbocycles. The van der Waals surface area contributed by atoms with E-state index in [2.05, 4.69) is 30.6 Å². The number of carboxylic acid groups (broad SMARTS) is 1. The van der Waals surface area contributed by atoms with Gasteiger partial charge in [-0.3, -0.25) is 4.79 Å². The number of aliphatic carboxylic acids is 1. The smallest absolute Gasteiger partial charge is 0.475 e. The number of carboxylic acids is 1. The molecule has 41 heavy (non-hydrogen) atoms. The van der Waals surface area contributed by atoms with E-state index >= 15 is 0 Å². The summed E-state index contributed by atoms with van der Waals surface area (Å²) in [6, 6.07) is 13.4. The molecule has 0 aliphatic heterocycles. The maximum absolute atomic E-state index is 14.8. The van der Waals surface area contributed by atoms with Crippen LogP contribution in [0.2, 0.25) is 0 Å². The standard InChI is InChI=1S/C24H16F2N6O2.C2HF3O2/c25-14-3-6-21(30-13-14)32-24(33)17-2-1-9-27-23(17)31-15-4-5-20(18(26)12-15)34-19-8-11-29-22-16(19)7-10-28-22;3-2(4,5)1(6)7/h1-13H,(H,27,31)(H,28,29)(H,30,32,33);(H,6,7).